The van der Waals surface area contributed by atoms with Gasteiger partial charge >= 0.3 is 0 Å². The molecule has 1 nitrogen and oxygen atoms in total. The Kier molecular flexibility index (Phi) is 2.53. The molecule has 0 unspecified atom stereocenters. The van der Waals surface area contributed by atoms with Crippen LogP contribution in [-0.4, -0.2) is 0 Å². The van der Waals surface area contributed by atoms with Gasteiger partial charge in [0, 0.05) is 11.1 Å². The van der Waals surface area contributed by atoms with E-state index in [2.05, 4.69) is 0 Å². The SMILES string of the molecule is Cc1ccc([C@@H](C)N)cc1Cl. The topological polar surface area (TPSA) is 26.0 Å². The summed E-state index contributed by atoms with van der Waals surface area (Å²) < 4.78 is 0. The van der Waals surface area contributed by atoms with E-state index in [1.165, 1.54) is 0 Å². The molecule has 0 aliphatic heterocycles. The van der Waals surface area contributed by atoms with Gasteiger partial charge in [-0.3, -0.25) is 0 Å². The first-order valence-corrected chi connectivity index (χ1v) is 4.00. The molecule has 1 aromatic rings. The van der Waals surface area contributed by atoms with Crippen LogP contribution in [0.5, 0.6) is 0 Å². The standard InChI is InChI=1S/C9H12ClN/c1-6-3-4-8(7(2)11)5-9(6)10/h3-5,7H,11H2,1-2H3/t7-/m1/s1. The first-order valence-electron chi connectivity index (χ1n) is 3.63. The Morgan fingerprint density at radius 1 is 1.45 bits per heavy atom. The second-order valence-corrected chi connectivity index (χ2v) is 3.20. The van der Waals surface area contributed by atoms with Crippen LogP contribution >= 0.6 is 11.6 Å². The van der Waals surface area contributed by atoms with Crippen LogP contribution in [0.3, 0.4) is 0 Å². The lowest BCUT2D eigenvalue weighted by atomic mass is 10.1. The number of rotatable bonds is 1. The molecule has 0 aliphatic carbocycles. The fraction of sp³-hybridized carbons (Fsp3) is 0.333. The molecule has 0 aliphatic rings. The lowest BCUT2D eigenvalue weighted by Gasteiger charge is -2.06. The minimum absolute atomic E-state index is 0.0631. The monoisotopic (exact) mass is 169 g/mol. The summed E-state index contributed by atoms with van der Waals surface area (Å²) in [6.45, 7) is 3.92. The van der Waals surface area contributed by atoms with Crippen molar-refractivity contribution in [3.63, 3.8) is 0 Å². The summed E-state index contributed by atoms with van der Waals surface area (Å²) in [4.78, 5) is 0. The van der Waals surface area contributed by atoms with Gasteiger partial charge in [-0.1, -0.05) is 23.7 Å². The van der Waals surface area contributed by atoms with Gasteiger partial charge in [-0.15, -0.1) is 0 Å². The van der Waals surface area contributed by atoms with Crippen molar-refractivity contribution < 1.29 is 0 Å². The fourth-order valence-electron chi connectivity index (χ4n) is 0.892. The zero-order valence-electron chi connectivity index (χ0n) is 6.76. The number of halogens is 1. The van der Waals surface area contributed by atoms with Crippen molar-refractivity contribution in [3.05, 3.63) is 34.3 Å². The summed E-state index contributed by atoms with van der Waals surface area (Å²) in [5, 5.41) is 0.791. The predicted molar refractivity (Wildman–Crippen MR) is 48.8 cm³/mol. The highest BCUT2D eigenvalue weighted by Gasteiger charge is 2.00. The lowest BCUT2D eigenvalue weighted by molar-refractivity contribution is 0.818. The molecular formula is C9H12ClN. The summed E-state index contributed by atoms with van der Waals surface area (Å²) in [7, 11) is 0. The van der Waals surface area contributed by atoms with Crippen molar-refractivity contribution in [2.45, 2.75) is 19.9 Å². The highest BCUT2D eigenvalue weighted by molar-refractivity contribution is 6.31. The van der Waals surface area contributed by atoms with Crippen molar-refractivity contribution in [2.75, 3.05) is 0 Å². The van der Waals surface area contributed by atoms with E-state index in [-0.39, 0.29) is 6.04 Å². The van der Waals surface area contributed by atoms with Crippen LogP contribution in [0.25, 0.3) is 0 Å². The Labute approximate surface area is 72.2 Å². The molecule has 2 heteroatoms. The van der Waals surface area contributed by atoms with E-state index in [0.29, 0.717) is 0 Å². The van der Waals surface area contributed by atoms with Crippen LogP contribution in [0, 0.1) is 6.92 Å². The molecule has 1 rings (SSSR count). The minimum atomic E-state index is 0.0631. The van der Waals surface area contributed by atoms with Crippen molar-refractivity contribution in [1.29, 1.82) is 0 Å². The summed E-state index contributed by atoms with van der Waals surface area (Å²) in [5.74, 6) is 0. The average Bonchev–Trinajstić information content (AvgIpc) is 1.94. The highest BCUT2D eigenvalue weighted by atomic mass is 35.5. The number of hydrogen-bond donors (Lipinski definition) is 1. The van der Waals surface area contributed by atoms with Gasteiger partial charge in [-0.2, -0.15) is 0 Å². The van der Waals surface area contributed by atoms with Gasteiger partial charge in [0.05, 0.1) is 0 Å². The Bertz CT molecular complexity index is 256. The van der Waals surface area contributed by atoms with Crippen molar-refractivity contribution >= 4 is 11.6 Å². The van der Waals surface area contributed by atoms with Gasteiger partial charge in [0.25, 0.3) is 0 Å². The number of aryl methyl sites for hydroxylation is 1. The molecule has 11 heavy (non-hydrogen) atoms. The van der Waals surface area contributed by atoms with E-state index in [4.69, 9.17) is 17.3 Å². The maximum atomic E-state index is 5.90. The normalized spacial score (nSPS) is 13.1. The third-order valence-corrected chi connectivity index (χ3v) is 2.13. The molecule has 0 spiro atoms. The van der Waals surface area contributed by atoms with Crippen molar-refractivity contribution in [3.8, 4) is 0 Å². The van der Waals surface area contributed by atoms with Gasteiger partial charge in [0.15, 0.2) is 0 Å². The molecule has 1 aromatic carbocycles. The summed E-state index contributed by atoms with van der Waals surface area (Å²) in [5.41, 5.74) is 7.85. The van der Waals surface area contributed by atoms with E-state index < -0.39 is 0 Å². The molecular weight excluding hydrogens is 158 g/mol. The van der Waals surface area contributed by atoms with E-state index in [9.17, 15) is 0 Å². The molecule has 0 heterocycles. The fourth-order valence-corrected chi connectivity index (χ4v) is 1.08. The maximum Gasteiger partial charge on any atom is 0.0438 e. The highest BCUT2D eigenvalue weighted by Crippen LogP contribution is 2.19. The van der Waals surface area contributed by atoms with Gasteiger partial charge in [-0.05, 0) is 31.0 Å². The third-order valence-electron chi connectivity index (χ3n) is 1.72. The van der Waals surface area contributed by atoms with Crippen LogP contribution in [-0.2, 0) is 0 Å². The Balaban J connectivity index is 3.05. The van der Waals surface area contributed by atoms with Crippen LogP contribution in [0.4, 0.5) is 0 Å². The molecule has 0 bridgehead atoms. The van der Waals surface area contributed by atoms with Crippen LogP contribution in [0.2, 0.25) is 5.02 Å². The van der Waals surface area contributed by atoms with E-state index >= 15 is 0 Å². The number of nitrogens with two attached hydrogens (primary N) is 1. The van der Waals surface area contributed by atoms with E-state index in [1.54, 1.807) is 0 Å². The summed E-state index contributed by atoms with van der Waals surface area (Å²) in [6, 6.07) is 5.97. The molecule has 0 aromatic heterocycles. The predicted octanol–water partition coefficient (Wildman–Crippen LogP) is 2.67. The van der Waals surface area contributed by atoms with Gasteiger partial charge < -0.3 is 5.73 Å². The molecule has 60 valence electrons. The van der Waals surface area contributed by atoms with Crippen molar-refractivity contribution in [2.24, 2.45) is 5.73 Å². The Morgan fingerprint density at radius 2 is 2.09 bits per heavy atom. The number of benzene rings is 1. The zero-order valence-corrected chi connectivity index (χ0v) is 7.52. The molecule has 0 amide bonds. The molecule has 0 fully saturated rings. The lowest BCUT2D eigenvalue weighted by Crippen LogP contribution is -2.04. The second kappa shape index (κ2) is 3.24. The molecule has 0 radical (unpaired) electrons. The summed E-state index contributed by atoms with van der Waals surface area (Å²) >= 11 is 5.90. The first kappa shape index (κ1) is 8.57. The van der Waals surface area contributed by atoms with E-state index in [0.717, 1.165) is 16.1 Å². The quantitative estimate of drug-likeness (QED) is 0.688. The Morgan fingerprint density at radius 3 is 2.55 bits per heavy atom. The molecule has 1 atom stereocenters. The smallest absolute Gasteiger partial charge is 0.0438 e. The van der Waals surface area contributed by atoms with E-state index in [1.807, 2.05) is 32.0 Å². The van der Waals surface area contributed by atoms with Crippen LogP contribution < -0.4 is 5.73 Å². The second-order valence-electron chi connectivity index (χ2n) is 2.80. The average molecular weight is 170 g/mol. The van der Waals surface area contributed by atoms with Crippen LogP contribution in [0.1, 0.15) is 24.1 Å². The molecule has 2 N–H and O–H groups in total. The largest absolute Gasteiger partial charge is 0.324 e. The van der Waals surface area contributed by atoms with Crippen LogP contribution in [0.15, 0.2) is 18.2 Å². The first-order chi connectivity index (χ1) is 5.11. The number of hydrogen-bond acceptors (Lipinski definition) is 1. The van der Waals surface area contributed by atoms with Gasteiger partial charge in [0.2, 0.25) is 0 Å². The molecule has 0 saturated heterocycles. The van der Waals surface area contributed by atoms with Gasteiger partial charge in [0.1, 0.15) is 0 Å². The zero-order chi connectivity index (χ0) is 8.43. The van der Waals surface area contributed by atoms with Gasteiger partial charge in [-0.25, -0.2) is 0 Å². The summed E-state index contributed by atoms with van der Waals surface area (Å²) in [6.07, 6.45) is 0. The minimum Gasteiger partial charge on any atom is -0.324 e. The third kappa shape index (κ3) is 1.95. The maximum absolute atomic E-state index is 5.90. The Hall–Kier alpha value is -0.530. The molecule has 0 saturated carbocycles. The van der Waals surface area contributed by atoms with Crippen molar-refractivity contribution in [1.82, 2.24) is 0 Å².